The van der Waals surface area contributed by atoms with Gasteiger partial charge in [-0.3, -0.25) is 0 Å². The van der Waals surface area contributed by atoms with E-state index in [0.717, 1.165) is 30.8 Å². The molecule has 17 heavy (non-hydrogen) atoms. The fraction of sp³-hybridized carbons (Fsp3) is 0.571. The molecule has 1 aliphatic rings. The number of hydrogen-bond donors (Lipinski definition) is 2. The largest absolute Gasteiger partial charge is 0.508 e. The fourth-order valence-corrected chi connectivity index (χ4v) is 2.44. The van der Waals surface area contributed by atoms with E-state index in [1.165, 1.54) is 12.8 Å². The van der Waals surface area contributed by atoms with Gasteiger partial charge in [0.15, 0.2) is 0 Å². The summed E-state index contributed by atoms with van der Waals surface area (Å²) in [5.74, 6) is 1.80. The molecule has 2 rings (SSSR count). The van der Waals surface area contributed by atoms with E-state index in [1.807, 2.05) is 19.1 Å². The summed E-state index contributed by atoms with van der Waals surface area (Å²) in [7, 11) is 0. The highest BCUT2D eigenvalue weighted by Gasteiger charge is 2.18. The van der Waals surface area contributed by atoms with E-state index in [2.05, 4.69) is 5.32 Å². The van der Waals surface area contributed by atoms with Crippen LogP contribution >= 0.6 is 0 Å². The molecular weight excluding hydrogens is 214 g/mol. The van der Waals surface area contributed by atoms with Crippen LogP contribution in [0.2, 0.25) is 0 Å². The Balaban J connectivity index is 2.12. The molecule has 1 saturated heterocycles. The van der Waals surface area contributed by atoms with Gasteiger partial charge in [-0.1, -0.05) is 6.07 Å². The van der Waals surface area contributed by atoms with Gasteiger partial charge in [0.2, 0.25) is 0 Å². The molecule has 1 aromatic rings. The minimum absolute atomic E-state index is 0.363. The topological polar surface area (TPSA) is 41.5 Å². The molecule has 0 spiro atoms. The van der Waals surface area contributed by atoms with Crippen molar-refractivity contribution in [1.29, 1.82) is 0 Å². The number of ether oxygens (including phenoxy) is 1. The van der Waals surface area contributed by atoms with Gasteiger partial charge < -0.3 is 15.2 Å². The Bertz CT molecular complexity index is 359. The van der Waals surface area contributed by atoms with E-state index in [4.69, 9.17) is 4.74 Å². The van der Waals surface area contributed by atoms with Crippen LogP contribution in [-0.2, 0) is 6.42 Å². The second-order valence-electron chi connectivity index (χ2n) is 4.60. The average molecular weight is 235 g/mol. The maximum Gasteiger partial charge on any atom is 0.126 e. The molecule has 1 heterocycles. The first-order chi connectivity index (χ1) is 8.31. The van der Waals surface area contributed by atoms with Crippen molar-refractivity contribution in [3.8, 4) is 11.5 Å². The van der Waals surface area contributed by atoms with E-state index in [0.29, 0.717) is 18.3 Å². The first kappa shape index (κ1) is 12.2. The molecule has 3 heteroatoms. The van der Waals surface area contributed by atoms with Crippen molar-refractivity contribution in [2.75, 3.05) is 19.7 Å². The summed E-state index contributed by atoms with van der Waals surface area (Å²) >= 11 is 0. The third-order valence-electron chi connectivity index (χ3n) is 3.30. The summed E-state index contributed by atoms with van der Waals surface area (Å²) in [6, 6.07) is 5.52. The number of benzene rings is 1. The van der Waals surface area contributed by atoms with Crippen LogP contribution in [0.5, 0.6) is 11.5 Å². The Labute approximate surface area is 103 Å². The van der Waals surface area contributed by atoms with Gasteiger partial charge in [0.05, 0.1) is 6.61 Å². The van der Waals surface area contributed by atoms with Gasteiger partial charge in [-0.25, -0.2) is 0 Å². The molecule has 0 saturated carbocycles. The van der Waals surface area contributed by atoms with E-state index in [1.54, 1.807) is 6.07 Å². The van der Waals surface area contributed by atoms with Crippen LogP contribution in [0.25, 0.3) is 0 Å². The van der Waals surface area contributed by atoms with E-state index in [9.17, 15) is 5.11 Å². The van der Waals surface area contributed by atoms with Crippen molar-refractivity contribution >= 4 is 0 Å². The summed E-state index contributed by atoms with van der Waals surface area (Å²) < 4.78 is 5.58. The van der Waals surface area contributed by atoms with Crippen molar-refractivity contribution in [2.24, 2.45) is 5.92 Å². The van der Waals surface area contributed by atoms with Gasteiger partial charge in [0.25, 0.3) is 0 Å². The number of phenols is 1. The Hall–Kier alpha value is -1.22. The maximum atomic E-state index is 9.95. The third kappa shape index (κ3) is 3.13. The zero-order valence-electron chi connectivity index (χ0n) is 10.4. The second kappa shape index (κ2) is 5.92. The zero-order chi connectivity index (χ0) is 12.1. The highest BCUT2D eigenvalue weighted by atomic mass is 16.5. The van der Waals surface area contributed by atoms with Crippen molar-refractivity contribution in [1.82, 2.24) is 5.32 Å². The van der Waals surface area contributed by atoms with Gasteiger partial charge in [0, 0.05) is 5.56 Å². The standard InChI is InChI=1S/C14H21NO2/c1-2-17-14-7-3-6-13(16)12(14)9-11-5-4-8-15-10-11/h3,6-7,11,15-16H,2,4-5,8-10H2,1H3. The Morgan fingerprint density at radius 2 is 2.35 bits per heavy atom. The summed E-state index contributed by atoms with van der Waals surface area (Å²) in [5, 5.41) is 13.4. The van der Waals surface area contributed by atoms with Crippen LogP contribution in [-0.4, -0.2) is 24.8 Å². The lowest BCUT2D eigenvalue weighted by molar-refractivity contribution is 0.322. The number of piperidine rings is 1. The SMILES string of the molecule is CCOc1cccc(O)c1CC1CCCNC1. The Kier molecular flexibility index (Phi) is 4.26. The maximum absolute atomic E-state index is 9.95. The lowest BCUT2D eigenvalue weighted by atomic mass is 9.91. The molecule has 3 nitrogen and oxygen atoms in total. The van der Waals surface area contributed by atoms with Gasteiger partial charge in [-0.2, -0.15) is 0 Å². The highest BCUT2D eigenvalue weighted by Crippen LogP contribution is 2.31. The van der Waals surface area contributed by atoms with Gasteiger partial charge in [0.1, 0.15) is 11.5 Å². The summed E-state index contributed by atoms with van der Waals surface area (Å²) in [5.41, 5.74) is 0.961. The van der Waals surface area contributed by atoms with Gasteiger partial charge in [-0.15, -0.1) is 0 Å². The van der Waals surface area contributed by atoms with Crippen LogP contribution in [0, 0.1) is 5.92 Å². The first-order valence-corrected chi connectivity index (χ1v) is 6.45. The van der Waals surface area contributed by atoms with E-state index in [-0.39, 0.29) is 0 Å². The molecular formula is C14H21NO2. The van der Waals surface area contributed by atoms with Crippen molar-refractivity contribution in [3.63, 3.8) is 0 Å². The molecule has 1 unspecified atom stereocenters. The average Bonchev–Trinajstić information content (AvgIpc) is 2.35. The van der Waals surface area contributed by atoms with Gasteiger partial charge in [-0.05, 0) is 57.3 Å². The molecule has 0 aliphatic carbocycles. The van der Waals surface area contributed by atoms with Crippen LogP contribution in [0.4, 0.5) is 0 Å². The molecule has 1 fully saturated rings. The van der Waals surface area contributed by atoms with Crippen LogP contribution in [0.3, 0.4) is 0 Å². The second-order valence-corrected chi connectivity index (χ2v) is 4.60. The molecule has 1 atom stereocenters. The monoisotopic (exact) mass is 235 g/mol. The van der Waals surface area contributed by atoms with E-state index < -0.39 is 0 Å². The molecule has 2 N–H and O–H groups in total. The lowest BCUT2D eigenvalue weighted by Gasteiger charge is -2.24. The molecule has 94 valence electrons. The van der Waals surface area contributed by atoms with Crippen LogP contribution in [0.15, 0.2) is 18.2 Å². The number of rotatable bonds is 4. The smallest absolute Gasteiger partial charge is 0.126 e. The minimum atomic E-state index is 0.363. The predicted molar refractivity (Wildman–Crippen MR) is 68.6 cm³/mol. The van der Waals surface area contributed by atoms with Crippen LogP contribution in [0.1, 0.15) is 25.3 Å². The predicted octanol–water partition coefficient (Wildman–Crippen LogP) is 2.33. The van der Waals surface area contributed by atoms with Crippen LogP contribution < -0.4 is 10.1 Å². The lowest BCUT2D eigenvalue weighted by Crippen LogP contribution is -2.30. The minimum Gasteiger partial charge on any atom is -0.508 e. The highest BCUT2D eigenvalue weighted by molar-refractivity contribution is 5.44. The quantitative estimate of drug-likeness (QED) is 0.841. The molecule has 1 aromatic carbocycles. The van der Waals surface area contributed by atoms with Gasteiger partial charge >= 0.3 is 0 Å². The summed E-state index contributed by atoms with van der Waals surface area (Å²) in [4.78, 5) is 0. The molecule has 0 radical (unpaired) electrons. The first-order valence-electron chi connectivity index (χ1n) is 6.45. The summed E-state index contributed by atoms with van der Waals surface area (Å²) in [6.45, 7) is 4.77. The van der Waals surface area contributed by atoms with Crippen molar-refractivity contribution in [3.05, 3.63) is 23.8 Å². The zero-order valence-corrected chi connectivity index (χ0v) is 10.4. The van der Waals surface area contributed by atoms with Crippen molar-refractivity contribution in [2.45, 2.75) is 26.2 Å². The Morgan fingerprint density at radius 3 is 3.06 bits per heavy atom. The molecule has 0 bridgehead atoms. The van der Waals surface area contributed by atoms with Crippen molar-refractivity contribution < 1.29 is 9.84 Å². The normalized spacial score (nSPS) is 20.2. The number of aromatic hydroxyl groups is 1. The molecule has 1 aliphatic heterocycles. The fourth-order valence-electron chi connectivity index (χ4n) is 2.44. The Morgan fingerprint density at radius 1 is 1.47 bits per heavy atom. The molecule has 0 amide bonds. The van der Waals surface area contributed by atoms with E-state index >= 15 is 0 Å². The molecule has 0 aromatic heterocycles. The number of phenolic OH excluding ortho intramolecular Hbond substituents is 1. The third-order valence-corrected chi connectivity index (χ3v) is 3.30. The number of nitrogens with one attached hydrogen (secondary N) is 1. The number of hydrogen-bond acceptors (Lipinski definition) is 3. The summed E-state index contributed by atoms with van der Waals surface area (Å²) in [6.07, 6.45) is 3.35.